The van der Waals surface area contributed by atoms with Gasteiger partial charge in [0.1, 0.15) is 19.6 Å². The van der Waals surface area contributed by atoms with Gasteiger partial charge in [-0.15, -0.1) is 5.54 Å². The number of aliphatic hydroxyl groups is 1. The summed E-state index contributed by atoms with van der Waals surface area (Å²) in [4.78, 5) is 13.4. The molecule has 1 saturated heterocycles. The molecule has 1 aliphatic carbocycles. The summed E-state index contributed by atoms with van der Waals surface area (Å²) in [6.45, 7) is 9.40. The third kappa shape index (κ3) is 6.22. The van der Waals surface area contributed by atoms with Gasteiger partial charge in [-0.2, -0.15) is 9.19 Å². The molecule has 3 aromatic rings. The van der Waals surface area contributed by atoms with Crippen LogP contribution in [-0.4, -0.2) is 70.3 Å². The maximum atomic E-state index is 12.5. The zero-order chi connectivity index (χ0) is 27.8. The van der Waals surface area contributed by atoms with Crippen LogP contribution in [0.4, 0.5) is 5.82 Å². The van der Waals surface area contributed by atoms with Crippen LogP contribution >= 0.6 is 0 Å². The number of pyridine rings is 1. The number of piperidine rings is 1. The second-order valence-electron chi connectivity index (χ2n) is 11.8. The van der Waals surface area contributed by atoms with Gasteiger partial charge in [0.2, 0.25) is 0 Å². The lowest BCUT2D eigenvalue weighted by Crippen LogP contribution is -2.52. The molecule has 0 spiro atoms. The molecule has 3 atom stereocenters. The van der Waals surface area contributed by atoms with Crippen LogP contribution in [0.3, 0.4) is 0 Å². The second-order valence-corrected chi connectivity index (χ2v) is 18.6. The molecular formula is C27H35N7O3SSi. The molecular weight excluding hydrogens is 530 g/mol. The fourth-order valence-electron chi connectivity index (χ4n) is 4.80. The van der Waals surface area contributed by atoms with E-state index >= 15 is 0 Å². The summed E-state index contributed by atoms with van der Waals surface area (Å²) in [7, 11) is -4.97. The average molecular weight is 566 g/mol. The number of hydrogen-bond acceptors (Lipinski definition) is 9. The minimum absolute atomic E-state index is 0.0272. The molecule has 2 aliphatic rings. The minimum atomic E-state index is -3.45. The molecule has 2 fully saturated rings. The van der Waals surface area contributed by atoms with Gasteiger partial charge in [0.05, 0.1) is 29.4 Å². The van der Waals surface area contributed by atoms with E-state index in [0.29, 0.717) is 43.0 Å². The van der Waals surface area contributed by atoms with Gasteiger partial charge in [0.25, 0.3) is 10.0 Å². The van der Waals surface area contributed by atoms with Gasteiger partial charge in [-0.05, 0) is 43.0 Å². The normalized spacial score (nSPS) is 23.6. The predicted molar refractivity (Wildman–Crippen MR) is 153 cm³/mol. The summed E-state index contributed by atoms with van der Waals surface area (Å²) in [5.74, 6) is 4.31. The number of hydrogen-bond donors (Lipinski definition) is 3. The highest BCUT2D eigenvalue weighted by Gasteiger charge is 2.41. The zero-order valence-electron chi connectivity index (χ0n) is 22.7. The first-order chi connectivity index (χ1) is 18.5. The number of nitrogens with one attached hydrogen (secondary N) is 2. The Bertz CT molecular complexity index is 1520. The third-order valence-electron chi connectivity index (χ3n) is 7.20. The Morgan fingerprint density at radius 1 is 1.23 bits per heavy atom. The Kier molecular flexibility index (Phi) is 7.36. The van der Waals surface area contributed by atoms with Crippen LogP contribution in [0.15, 0.2) is 43.0 Å². The molecule has 0 amide bonds. The smallest absolute Gasteiger partial charge is 0.256 e. The van der Waals surface area contributed by atoms with Gasteiger partial charge in [-0.3, -0.25) is 5.32 Å². The quantitative estimate of drug-likeness (QED) is 0.292. The molecule has 0 aromatic carbocycles. The summed E-state index contributed by atoms with van der Waals surface area (Å²) in [6.07, 6.45) is 8.24. The van der Waals surface area contributed by atoms with Crippen LogP contribution in [0.1, 0.15) is 43.4 Å². The molecule has 0 bridgehead atoms. The molecule has 10 nitrogen and oxygen atoms in total. The van der Waals surface area contributed by atoms with Crippen molar-refractivity contribution in [3.8, 4) is 22.9 Å². The van der Waals surface area contributed by atoms with Gasteiger partial charge < -0.3 is 10.4 Å². The number of rotatable bonds is 7. The van der Waals surface area contributed by atoms with E-state index in [0.717, 1.165) is 15.3 Å². The fourth-order valence-corrected chi connectivity index (χ4v) is 6.78. The van der Waals surface area contributed by atoms with Crippen molar-refractivity contribution >= 4 is 23.9 Å². The Morgan fingerprint density at radius 2 is 2.00 bits per heavy atom. The van der Waals surface area contributed by atoms with Gasteiger partial charge in [-0.1, -0.05) is 32.5 Å². The Hall–Kier alpha value is -3.11. The third-order valence-corrected chi connectivity index (χ3v) is 10.1. The van der Waals surface area contributed by atoms with Crippen LogP contribution < -0.4 is 10.6 Å². The number of aromatic nitrogens is 5. The average Bonchev–Trinajstić information content (AvgIpc) is 3.64. The van der Waals surface area contributed by atoms with Crippen LogP contribution in [-0.2, 0) is 10.0 Å². The number of aliphatic hydroxyl groups excluding tert-OH is 1. The van der Waals surface area contributed by atoms with Gasteiger partial charge in [-0.25, -0.2) is 23.4 Å². The standard InChI is InChI=1S/C27H35N7O3SSi/c1-27(18-35)14-25(30-16-23(27)19-7-10-28-21(13-19)9-12-39(2,3)4)32-24-8-11-29-26(33-24)20-15-31-34(17-20)38(36,37)22-5-6-22/h7-8,10-11,13,15,17,22-23,25,30,35H,5-6,14,16,18H2,1-4H3,(H,29,32,33). The lowest BCUT2D eigenvalue weighted by Gasteiger charge is -2.44. The molecule has 4 heterocycles. The largest absolute Gasteiger partial charge is 0.396 e. The van der Waals surface area contributed by atoms with Crippen molar-refractivity contribution in [2.45, 2.75) is 63.2 Å². The van der Waals surface area contributed by atoms with Crippen LogP contribution in [0, 0.1) is 16.9 Å². The fraction of sp³-hybridized carbons (Fsp3) is 0.481. The highest BCUT2D eigenvalue weighted by molar-refractivity contribution is 7.90. The number of nitrogens with zero attached hydrogens (tertiary/aromatic N) is 5. The molecule has 1 aliphatic heterocycles. The lowest BCUT2D eigenvalue weighted by molar-refractivity contribution is 0.0704. The maximum Gasteiger partial charge on any atom is 0.256 e. The minimum Gasteiger partial charge on any atom is -0.396 e. The molecule has 3 unspecified atom stereocenters. The van der Waals surface area contributed by atoms with Crippen molar-refractivity contribution < 1.29 is 13.5 Å². The van der Waals surface area contributed by atoms with E-state index in [1.165, 1.54) is 12.4 Å². The highest BCUT2D eigenvalue weighted by Crippen LogP contribution is 2.42. The molecule has 0 radical (unpaired) electrons. The molecule has 3 N–H and O–H groups in total. The second kappa shape index (κ2) is 10.5. The van der Waals surface area contributed by atoms with Gasteiger partial charge in [0.15, 0.2) is 5.82 Å². The van der Waals surface area contributed by atoms with Crippen molar-refractivity contribution in [2.24, 2.45) is 5.41 Å². The molecule has 206 valence electrons. The topological polar surface area (TPSA) is 135 Å². The van der Waals surface area contributed by atoms with E-state index in [9.17, 15) is 13.5 Å². The van der Waals surface area contributed by atoms with Crippen molar-refractivity contribution in [2.75, 3.05) is 18.5 Å². The first kappa shape index (κ1) is 27.5. The van der Waals surface area contributed by atoms with Gasteiger partial charge in [0, 0.05) is 36.9 Å². The van der Waals surface area contributed by atoms with Gasteiger partial charge >= 0.3 is 0 Å². The molecule has 3 aromatic heterocycles. The predicted octanol–water partition coefficient (Wildman–Crippen LogP) is 2.82. The van der Waals surface area contributed by atoms with Crippen molar-refractivity contribution in [3.05, 3.63) is 54.2 Å². The van der Waals surface area contributed by atoms with Crippen LogP contribution in [0.25, 0.3) is 11.4 Å². The van der Waals surface area contributed by atoms with Crippen LogP contribution in [0.2, 0.25) is 19.6 Å². The first-order valence-electron chi connectivity index (χ1n) is 13.2. The number of anilines is 1. The molecule has 12 heteroatoms. The Morgan fingerprint density at radius 3 is 2.72 bits per heavy atom. The van der Waals surface area contributed by atoms with Crippen LogP contribution in [0.5, 0.6) is 0 Å². The summed E-state index contributed by atoms with van der Waals surface area (Å²) in [6, 6.07) is 5.82. The summed E-state index contributed by atoms with van der Waals surface area (Å²) < 4.78 is 26.0. The SMILES string of the molecule is CC1(CO)CC(Nc2ccnc(-c3cnn(S(=O)(=O)C4CC4)c3)n2)NCC1c1ccnc(C#C[Si](C)(C)C)c1. The lowest BCUT2D eigenvalue weighted by atomic mass is 9.69. The van der Waals surface area contributed by atoms with Crippen molar-refractivity contribution in [1.82, 2.24) is 29.5 Å². The molecule has 5 rings (SSSR count). The molecule has 39 heavy (non-hydrogen) atoms. The van der Waals surface area contributed by atoms with E-state index in [2.05, 4.69) is 68.7 Å². The van der Waals surface area contributed by atoms with Crippen molar-refractivity contribution in [1.29, 1.82) is 0 Å². The first-order valence-corrected chi connectivity index (χ1v) is 18.2. The monoisotopic (exact) mass is 565 g/mol. The van der Waals surface area contributed by atoms with E-state index in [-0.39, 0.29) is 29.4 Å². The van der Waals surface area contributed by atoms with E-state index in [4.69, 9.17) is 0 Å². The van der Waals surface area contributed by atoms with E-state index < -0.39 is 18.1 Å². The van der Waals surface area contributed by atoms with Crippen molar-refractivity contribution in [3.63, 3.8) is 0 Å². The zero-order valence-corrected chi connectivity index (χ0v) is 24.5. The summed E-state index contributed by atoms with van der Waals surface area (Å²) in [5, 5.41) is 21.1. The Labute approximate surface area is 230 Å². The van der Waals surface area contributed by atoms with E-state index in [1.54, 1.807) is 18.5 Å². The Balaban J connectivity index is 1.30. The van der Waals surface area contributed by atoms with E-state index in [1.807, 2.05) is 12.1 Å². The highest BCUT2D eigenvalue weighted by atomic mass is 32.2. The summed E-state index contributed by atoms with van der Waals surface area (Å²) >= 11 is 0. The summed E-state index contributed by atoms with van der Waals surface area (Å²) in [5.41, 5.74) is 5.39. The maximum absolute atomic E-state index is 12.5. The molecule has 1 saturated carbocycles.